The molecule has 1 N–H and O–H groups in total. The second kappa shape index (κ2) is 4.60. The van der Waals surface area contributed by atoms with Gasteiger partial charge in [0.05, 0.1) is 6.61 Å². The summed E-state index contributed by atoms with van der Waals surface area (Å²) in [4.78, 5) is 10.4. The smallest absolute Gasteiger partial charge is 0.302 e. The van der Waals surface area contributed by atoms with Crippen molar-refractivity contribution in [3.63, 3.8) is 0 Å². The lowest BCUT2D eigenvalue weighted by Gasteiger charge is -2.03. The molecule has 0 amide bonds. The van der Waals surface area contributed by atoms with Gasteiger partial charge in [0.25, 0.3) is 0 Å². The normalized spacial score (nSPS) is 9.86. The number of halogens is 1. The summed E-state index contributed by atoms with van der Waals surface area (Å²) in [7, 11) is 0. The van der Waals surface area contributed by atoms with E-state index < -0.39 is 5.82 Å². The Hall–Kier alpha value is -1.58. The molecular weight excluding hydrogens is 187 g/mol. The number of carbonyl (C=O) groups excluding carboxylic acids is 1. The molecule has 0 saturated heterocycles. The monoisotopic (exact) mass is 198 g/mol. The van der Waals surface area contributed by atoms with Crippen LogP contribution in [0.3, 0.4) is 0 Å². The van der Waals surface area contributed by atoms with E-state index in [4.69, 9.17) is 5.11 Å². The minimum Gasteiger partial charge on any atom is -0.508 e. The number of hydrogen-bond donors (Lipinski definition) is 1. The van der Waals surface area contributed by atoms with Crippen molar-refractivity contribution < 1.29 is 19.0 Å². The van der Waals surface area contributed by atoms with Gasteiger partial charge in [-0.25, -0.2) is 4.39 Å². The van der Waals surface area contributed by atoms with Crippen molar-refractivity contribution in [2.24, 2.45) is 0 Å². The summed E-state index contributed by atoms with van der Waals surface area (Å²) < 4.78 is 17.4. The lowest BCUT2D eigenvalue weighted by Crippen LogP contribution is -2.03. The third kappa shape index (κ3) is 3.43. The maximum atomic E-state index is 12.7. The SMILES string of the molecule is CC(=O)OCCc1cc(O)cc(F)c1. The van der Waals surface area contributed by atoms with Gasteiger partial charge in [0.2, 0.25) is 0 Å². The van der Waals surface area contributed by atoms with Crippen molar-refractivity contribution in [3.8, 4) is 5.75 Å². The lowest BCUT2D eigenvalue weighted by molar-refractivity contribution is -0.140. The van der Waals surface area contributed by atoms with Gasteiger partial charge in [-0.15, -0.1) is 0 Å². The summed E-state index contributed by atoms with van der Waals surface area (Å²) in [6.07, 6.45) is 0.394. The number of hydrogen-bond acceptors (Lipinski definition) is 3. The second-order valence-electron chi connectivity index (χ2n) is 2.91. The summed E-state index contributed by atoms with van der Waals surface area (Å²) in [6, 6.07) is 3.76. The van der Waals surface area contributed by atoms with E-state index in [0.29, 0.717) is 12.0 Å². The molecule has 1 rings (SSSR count). The predicted octanol–water partition coefficient (Wildman–Crippen LogP) is 1.64. The van der Waals surface area contributed by atoms with Crippen LogP contribution in [0.5, 0.6) is 5.75 Å². The first-order valence-corrected chi connectivity index (χ1v) is 4.20. The number of phenolic OH excluding ortho intramolecular Hbond substituents is 1. The fourth-order valence-electron chi connectivity index (χ4n) is 1.09. The van der Waals surface area contributed by atoms with Crippen LogP contribution < -0.4 is 0 Å². The first-order valence-electron chi connectivity index (χ1n) is 4.20. The molecule has 0 radical (unpaired) electrons. The third-order valence-electron chi connectivity index (χ3n) is 1.64. The number of rotatable bonds is 3. The molecule has 0 unspecified atom stereocenters. The van der Waals surface area contributed by atoms with Gasteiger partial charge in [0.15, 0.2) is 0 Å². The topological polar surface area (TPSA) is 46.5 Å². The Kier molecular flexibility index (Phi) is 3.45. The largest absolute Gasteiger partial charge is 0.508 e. The molecule has 0 spiro atoms. The van der Waals surface area contributed by atoms with Crippen molar-refractivity contribution >= 4 is 5.97 Å². The standard InChI is InChI=1S/C10H11FO3/c1-7(12)14-3-2-8-4-9(11)6-10(13)5-8/h4-6,13H,2-3H2,1H3. The molecule has 0 heterocycles. The molecule has 1 aromatic carbocycles. The summed E-state index contributed by atoms with van der Waals surface area (Å²) in [6.45, 7) is 1.50. The van der Waals surface area contributed by atoms with E-state index in [2.05, 4.69) is 4.74 Å². The molecular formula is C10H11FO3. The Labute approximate surface area is 81.1 Å². The van der Waals surface area contributed by atoms with E-state index in [1.54, 1.807) is 0 Å². The van der Waals surface area contributed by atoms with Gasteiger partial charge in [-0.3, -0.25) is 4.79 Å². The highest BCUT2D eigenvalue weighted by atomic mass is 19.1. The van der Waals surface area contributed by atoms with E-state index in [1.807, 2.05) is 0 Å². The average Bonchev–Trinajstić information content (AvgIpc) is 2.01. The maximum absolute atomic E-state index is 12.7. The van der Waals surface area contributed by atoms with E-state index >= 15 is 0 Å². The molecule has 0 aliphatic heterocycles. The summed E-state index contributed by atoms with van der Waals surface area (Å²) in [5.74, 6) is -0.990. The van der Waals surface area contributed by atoms with Gasteiger partial charge in [0, 0.05) is 19.4 Å². The van der Waals surface area contributed by atoms with Crippen LogP contribution in [0.15, 0.2) is 18.2 Å². The molecule has 0 aliphatic rings. The van der Waals surface area contributed by atoms with Gasteiger partial charge in [0.1, 0.15) is 11.6 Å². The minimum atomic E-state index is -0.497. The quantitative estimate of drug-likeness (QED) is 0.751. The Morgan fingerprint density at radius 1 is 1.50 bits per heavy atom. The number of carbonyl (C=O) groups is 1. The van der Waals surface area contributed by atoms with Crippen LogP contribution in [-0.4, -0.2) is 17.7 Å². The zero-order valence-electron chi connectivity index (χ0n) is 7.79. The Morgan fingerprint density at radius 3 is 2.79 bits per heavy atom. The first-order chi connectivity index (χ1) is 6.58. The average molecular weight is 198 g/mol. The predicted molar refractivity (Wildman–Crippen MR) is 48.4 cm³/mol. The number of phenols is 1. The highest BCUT2D eigenvalue weighted by Crippen LogP contribution is 2.14. The van der Waals surface area contributed by atoms with E-state index in [-0.39, 0.29) is 18.3 Å². The number of ether oxygens (including phenoxy) is 1. The maximum Gasteiger partial charge on any atom is 0.302 e. The van der Waals surface area contributed by atoms with Crippen LogP contribution in [-0.2, 0) is 16.0 Å². The van der Waals surface area contributed by atoms with Gasteiger partial charge < -0.3 is 9.84 Å². The molecule has 1 aromatic rings. The highest BCUT2D eigenvalue weighted by Gasteiger charge is 2.00. The molecule has 14 heavy (non-hydrogen) atoms. The summed E-state index contributed by atoms with van der Waals surface area (Å²) in [5.41, 5.74) is 0.601. The van der Waals surface area contributed by atoms with E-state index in [9.17, 15) is 9.18 Å². The van der Waals surface area contributed by atoms with Crippen LogP contribution in [0.2, 0.25) is 0 Å². The fourth-order valence-corrected chi connectivity index (χ4v) is 1.09. The van der Waals surface area contributed by atoms with Gasteiger partial charge in [-0.1, -0.05) is 0 Å². The van der Waals surface area contributed by atoms with Crippen molar-refractivity contribution in [3.05, 3.63) is 29.6 Å². The second-order valence-corrected chi connectivity index (χ2v) is 2.91. The van der Waals surface area contributed by atoms with Crippen LogP contribution in [0.4, 0.5) is 4.39 Å². The minimum absolute atomic E-state index is 0.122. The fraction of sp³-hybridized carbons (Fsp3) is 0.300. The van der Waals surface area contributed by atoms with Crippen molar-refractivity contribution in [2.45, 2.75) is 13.3 Å². The molecule has 76 valence electrons. The van der Waals surface area contributed by atoms with Gasteiger partial charge in [-0.2, -0.15) is 0 Å². The van der Waals surface area contributed by atoms with Crippen LogP contribution in [0, 0.1) is 5.82 Å². The van der Waals surface area contributed by atoms with Crippen molar-refractivity contribution in [2.75, 3.05) is 6.61 Å². The zero-order chi connectivity index (χ0) is 10.6. The van der Waals surface area contributed by atoms with Crippen molar-refractivity contribution in [1.82, 2.24) is 0 Å². The molecule has 0 bridgehead atoms. The van der Waals surface area contributed by atoms with E-state index in [1.165, 1.54) is 19.1 Å². The summed E-state index contributed by atoms with van der Waals surface area (Å²) in [5, 5.41) is 9.05. The Morgan fingerprint density at radius 2 is 2.21 bits per heavy atom. The van der Waals surface area contributed by atoms with Gasteiger partial charge >= 0.3 is 5.97 Å². The summed E-state index contributed by atoms with van der Waals surface area (Å²) >= 11 is 0. The van der Waals surface area contributed by atoms with Crippen LogP contribution in [0.1, 0.15) is 12.5 Å². The molecule has 0 aromatic heterocycles. The molecule has 0 fully saturated rings. The molecule has 0 saturated carbocycles. The number of benzene rings is 1. The van der Waals surface area contributed by atoms with Crippen LogP contribution >= 0.6 is 0 Å². The third-order valence-corrected chi connectivity index (χ3v) is 1.64. The number of esters is 1. The zero-order valence-corrected chi connectivity index (χ0v) is 7.79. The molecule has 0 aliphatic carbocycles. The van der Waals surface area contributed by atoms with Gasteiger partial charge in [-0.05, 0) is 17.7 Å². The molecule has 3 nitrogen and oxygen atoms in total. The number of aromatic hydroxyl groups is 1. The molecule has 0 atom stereocenters. The lowest BCUT2D eigenvalue weighted by atomic mass is 10.1. The highest BCUT2D eigenvalue weighted by molar-refractivity contribution is 5.65. The Bertz CT molecular complexity index is 316. The first kappa shape index (κ1) is 10.5. The van der Waals surface area contributed by atoms with E-state index in [0.717, 1.165) is 6.07 Å². The molecule has 4 heteroatoms. The Balaban J connectivity index is 2.54. The van der Waals surface area contributed by atoms with Crippen LogP contribution in [0.25, 0.3) is 0 Å². The van der Waals surface area contributed by atoms with Crippen molar-refractivity contribution in [1.29, 1.82) is 0 Å².